The molecule has 0 aliphatic heterocycles. The first-order valence-electron chi connectivity index (χ1n) is 5.71. The molecule has 104 valence electrons. The van der Waals surface area contributed by atoms with E-state index in [0.717, 1.165) is 17.0 Å². The summed E-state index contributed by atoms with van der Waals surface area (Å²) in [6.45, 7) is 0. The van der Waals surface area contributed by atoms with Gasteiger partial charge >= 0.3 is 6.18 Å². The molecule has 5 heteroatoms. The Bertz CT molecular complexity index is 589. The molecule has 0 aliphatic carbocycles. The highest BCUT2D eigenvalue weighted by molar-refractivity contribution is 8.08. The summed E-state index contributed by atoms with van der Waals surface area (Å²) in [4.78, 5) is 1.67. The van der Waals surface area contributed by atoms with Gasteiger partial charge in [-0.3, -0.25) is 0 Å². The molecule has 0 unspecified atom stereocenters. The van der Waals surface area contributed by atoms with Crippen LogP contribution in [0, 0.1) is 0 Å². The summed E-state index contributed by atoms with van der Waals surface area (Å²) in [7, 11) is 0. The Hall–Kier alpha value is -1.39. The van der Waals surface area contributed by atoms with E-state index in [9.17, 15) is 13.2 Å². The zero-order valence-electron chi connectivity index (χ0n) is 10.2. The van der Waals surface area contributed by atoms with Crippen LogP contribution >= 0.6 is 23.4 Å². The van der Waals surface area contributed by atoms with Crippen LogP contribution in [-0.2, 0) is 6.18 Å². The van der Waals surface area contributed by atoms with Crippen LogP contribution in [0.1, 0.15) is 11.1 Å². The highest BCUT2D eigenvalue weighted by atomic mass is 35.5. The van der Waals surface area contributed by atoms with Crippen LogP contribution in [-0.4, -0.2) is 0 Å². The van der Waals surface area contributed by atoms with Crippen molar-refractivity contribution in [2.75, 3.05) is 0 Å². The van der Waals surface area contributed by atoms with Gasteiger partial charge in [0.25, 0.3) is 0 Å². The molecule has 2 aromatic carbocycles. The molecule has 0 nitrogen and oxygen atoms in total. The lowest BCUT2D eigenvalue weighted by atomic mass is 10.1. The second-order valence-electron chi connectivity index (χ2n) is 3.96. The Morgan fingerprint density at radius 3 is 2.05 bits per heavy atom. The van der Waals surface area contributed by atoms with E-state index in [4.69, 9.17) is 11.6 Å². The molecule has 0 atom stereocenters. The molecule has 0 spiro atoms. The van der Waals surface area contributed by atoms with Gasteiger partial charge in [0.1, 0.15) is 0 Å². The topological polar surface area (TPSA) is 0 Å². The third-order valence-electron chi connectivity index (χ3n) is 2.57. The summed E-state index contributed by atoms with van der Waals surface area (Å²) in [6, 6.07) is 14.5. The van der Waals surface area contributed by atoms with Crippen LogP contribution in [0.25, 0.3) is 4.91 Å². The largest absolute Gasteiger partial charge is 0.416 e. The SMILES string of the molecule is FC(F)(F)c1ccc(/C(=C\Cl)Sc2ccccc2)cc1. The van der Waals surface area contributed by atoms with Crippen molar-refractivity contribution in [1.82, 2.24) is 0 Å². The number of rotatable bonds is 3. The van der Waals surface area contributed by atoms with Gasteiger partial charge in [-0.15, -0.1) is 0 Å². The first-order chi connectivity index (χ1) is 9.50. The van der Waals surface area contributed by atoms with Crippen molar-refractivity contribution in [2.24, 2.45) is 0 Å². The molecule has 0 heterocycles. The molecular formula is C15H10ClF3S. The maximum atomic E-state index is 12.5. The Morgan fingerprint density at radius 2 is 1.55 bits per heavy atom. The predicted molar refractivity (Wildman–Crippen MR) is 77.6 cm³/mol. The van der Waals surface area contributed by atoms with E-state index < -0.39 is 11.7 Å². The lowest BCUT2D eigenvalue weighted by Gasteiger charge is -2.09. The van der Waals surface area contributed by atoms with Crippen LogP contribution in [0.4, 0.5) is 13.2 Å². The van der Waals surface area contributed by atoms with Crippen LogP contribution in [0.2, 0.25) is 0 Å². The Balaban J connectivity index is 2.21. The molecule has 0 bridgehead atoms. The lowest BCUT2D eigenvalue weighted by molar-refractivity contribution is -0.137. The van der Waals surface area contributed by atoms with Crippen LogP contribution in [0.5, 0.6) is 0 Å². The second kappa shape index (κ2) is 6.37. The lowest BCUT2D eigenvalue weighted by Crippen LogP contribution is -2.04. The maximum Gasteiger partial charge on any atom is 0.416 e. The molecule has 2 rings (SSSR count). The summed E-state index contributed by atoms with van der Waals surface area (Å²) in [5, 5.41) is 0. The Kier molecular flexibility index (Phi) is 4.78. The fourth-order valence-corrected chi connectivity index (χ4v) is 2.69. The van der Waals surface area contributed by atoms with Gasteiger partial charge in [-0.1, -0.05) is 53.7 Å². The minimum atomic E-state index is -4.32. The fraction of sp³-hybridized carbons (Fsp3) is 0.0667. The van der Waals surface area contributed by atoms with Gasteiger partial charge in [0.05, 0.1) is 5.56 Å². The van der Waals surface area contributed by atoms with Gasteiger partial charge in [-0.05, 0) is 29.8 Å². The van der Waals surface area contributed by atoms with Gasteiger partial charge in [-0.25, -0.2) is 0 Å². The van der Waals surface area contributed by atoms with E-state index in [0.29, 0.717) is 10.5 Å². The first kappa shape index (κ1) is 15.0. The van der Waals surface area contributed by atoms with Crippen LogP contribution in [0.15, 0.2) is 65.0 Å². The van der Waals surface area contributed by atoms with Gasteiger partial charge in [-0.2, -0.15) is 13.2 Å². The number of thioether (sulfide) groups is 1. The van der Waals surface area contributed by atoms with Gasteiger partial charge < -0.3 is 0 Å². The molecule has 20 heavy (non-hydrogen) atoms. The van der Waals surface area contributed by atoms with E-state index in [-0.39, 0.29) is 0 Å². The maximum absolute atomic E-state index is 12.5. The van der Waals surface area contributed by atoms with Crippen molar-refractivity contribution < 1.29 is 13.2 Å². The number of halogens is 4. The highest BCUT2D eigenvalue weighted by Crippen LogP contribution is 2.36. The minimum Gasteiger partial charge on any atom is -0.166 e. The molecule has 0 aliphatic rings. The normalized spacial score (nSPS) is 12.5. The third kappa shape index (κ3) is 3.81. The fourth-order valence-electron chi connectivity index (χ4n) is 1.58. The average Bonchev–Trinajstić information content (AvgIpc) is 2.45. The third-order valence-corrected chi connectivity index (χ3v) is 4.00. The van der Waals surface area contributed by atoms with Crippen LogP contribution < -0.4 is 0 Å². The van der Waals surface area contributed by atoms with Crippen molar-refractivity contribution in [2.45, 2.75) is 11.1 Å². The average molecular weight is 315 g/mol. The number of benzene rings is 2. The van der Waals surface area contributed by atoms with Crippen molar-refractivity contribution >= 4 is 28.3 Å². The Morgan fingerprint density at radius 1 is 0.950 bits per heavy atom. The summed E-state index contributed by atoms with van der Waals surface area (Å²) < 4.78 is 37.5. The van der Waals surface area contributed by atoms with E-state index >= 15 is 0 Å². The van der Waals surface area contributed by atoms with Gasteiger partial charge in [0.2, 0.25) is 0 Å². The molecule has 0 radical (unpaired) electrons. The molecule has 0 fully saturated rings. The predicted octanol–water partition coefficient (Wildman–Crippen LogP) is 6.03. The first-order valence-corrected chi connectivity index (χ1v) is 6.97. The summed E-state index contributed by atoms with van der Waals surface area (Å²) in [5.41, 5.74) is 1.36. The zero-order valence-corrected chi connectivity index (χ0v) is 11.8. The standard InChI is InChI=1S/C15H10ClF3S/c16-10-14(20-13-4-2-1-3-5-13)11-6-8-12(9-7-11)15(17,18)19/h1-10H/b14-10+. The summed E-state index contributed by atoms with van der Waals surface area (Å²) in [6.07, 6.45) is -4.32. The van der Waals surface area contributed by atoms with Crippen molar-refractivity contribution in [1.29, 1.82) is 0 Å². The smallest absolute Gasteiger partial charge is 0.166 e. The molecule has 0 N–H and O–H groups in total. The summed E-state index contributed by atoms with van der Waals surface area (Å²) in [5.74, 6) is 0. The zero-order chi connectivity index (χ0) is 14.6. The second-order valence-corrected chi connectivity index (χ2v) is 5.30. The van der Waals surface area contributed by atoms with Crippen molar-refractivity contribution in [3.63, 3.8) is 0 Å². The number of alkyl halides is 3. The van der Waals surface area contributed by atoms with E-state index in [2.05, 4.69) is 0 Å². The van der Waals surface area contributed by atoms with E-state index in [1.807, 2.05) is 30.3 Å². The van der Waals surface area contributed by atoms with Gasteiger partial charge in [0.15, 0.2) is 0 Å². The quantitative estimate of drug-likeness (QED) is 0.623. The van der Waals surface area contributed by atoms with Crippen LogP contribution in [0.3, 0.4) is 0 Å². The molecule has 2 aromatic rings. The Labute approximate surface area is 124 Å². The van der Waals surface area contributed by atoms with Gasteiger partial charge in [0, 0.05) is 15.3 Å². The molecular weight excluding hydrogens is 305 g/mol. The monoisotopic (exact) mass is 314 g/mol. The molecule has 0 saturated carbocycles. The highest BCUT2D eigenvalue weighted by Gasteiger charge is 2.30. The van der Waals surface area contributed by atoms with Crippen molar-refractivity contribution in [3.8, 4) is 0 Å². The van der Waals surface area contributed by atoms with Crippen molar-refractivity contribution in [3.05, 3.63) is 71.3 Å². The molecule has 0 amide bonds. The number of hydrogen-bond donors (Lipinski definition) is 0. The van der Waals surface area contributed by atoms with E-state index in [1.165, 1.54) is 29.4 Å². The number of hydrogen-bond acceptors (Lipinski definition) is 1. The summed E-state index contributed by atoms with van der Waals surface area (Å²) >= 11 is 7.18. The molecule has 0 aromatic heterocycles. The molecule has 0 saturated heterocycles. The van der Waals surface area contributed by atoms with E-state index in [1.54, 1.807) is 0 Å². The minimum absolute atomic E-state index is 0.654.